The van der Waals surface area contributed by atoms with Gasteiger partial charge in [-0.1, -0.05) is 25.4 Å². The molecule has 1 rings (SSSR count). The molecule has 0 aliphatic rings. The van der Waals surface area contributed by atoms with Gasteiger partial charge in [-0.05, 0) is 6.42 Å². The molecule has 1 atom stereocenters. The summed E-state index contributed by atoms with van der Waals surface area (Å²) in [5.74, 6) is 0. The van der Waals surface area contributed by atoms with Gasteiger partial charge in [-0.3, -0.25) is 0 Å². The molecule has 0 radical (unpaired) electrons. The van der Waals surface area contributed by atoms with Gasteiger partial charge in [-0.25, -0.2) is 9.97 Å². The van der Waals surface area contributed by atoms with Crippen LogP contribution in [0.15, 0.2) is 17.4 Å². The van der Waals surface area contributed by atoms with Crippen molar-refractivity contribution in [3.8, 4) is 0 Å². The molecule has 1 heterocycles. The van der Waals surface area contributed by atoms with Crippen molar-refractivity contribution in [1.29, 1.82) is 0 Å². The van der Waals surface area contributed by atoms with Gasteiger partial charge in [-0.15, -0.1) is 11.8 Å². The minimum Gasteiger partial charge on any atom is -0.245 e. The first-order valence-electron chi connectivity index (χ1n) is 3.87. The lowest BCUT2D eigenvalue weighted by Gasteiger charge is -2.06. The van der Waals surface area contributed by atoms with Crippen LogP contribution in [0.4, 0.5) is 0 Å². The van der Waals surface area contributed by atoms with E-state index in [2.05, 4.69) is 23.8 Å². The number of thioether (sulfide) groups is 1. The average molecular weight is 203 g/mol. The summed E-state index contributed by atoms with van der Waals surface area (Å²) < 4.78 is 0. The maximum Gasteiger partial charge on any atom is 0.161 e. The zero-order chi connectivity index (χ0) is 8.97. The minimum absolute atomic E-state index is 0.503. The molecule has 0 spiro atoms. The van der Waals surface area contributed by atoms with Gasteiger partial charge in [0, 0.05) is 17.6 Å². The lowest BCUT2D eigenvalue weighted by Crippen LogP contribution is -1.94. The van der Waals surface area contributed by atoms with E-state index < -0.39 is 0 Å². The predicted molar refractivity (Wildman–Crippen MR) is 52.7 cm³/mol. The standard InChI is InChI=1S/C8H11ClN2S/c1-3-6(2)12-8-7(9)10-4-5-11-8/h4-6H,3H2,1-2H3. The summed E-state index contributed by atoms with van der Waals surface area (Å²) in [4.78, 5) is 8.08. The summed E-state index contributed by atoms with van der Waals surface area (Å²) in [6.45, 7) is 4.29. The zero-order valence-electron chi connectivity index (χ0n) is 7.12. The average Bonchev–Trinajstić information content (AvgIpc) is 2.09. The fourth-order valence-electron chi connectivity index (χ4n) is 0.661. The van der Waals surface area contributed by atoms with Crippen molar-refractivity contribution >= 4 is 23.4 Å². The van der Waals surface area contributed by atoms with Crippen LogP contribution >= 0.6 is 23.4 Å². The van der Waals surface area contributed by atoms with Gasteiger partial charge in [0.05, 0.1) is 0 Å². The SMILES string of the molecule is CCC(C)Sc1nccnc1Cl. The van der Waals surface area contributed by atoms with Crippen molar-refractivity contribution in [2.45, 2.75) is 30.5 Å². The predicted octanol–water partition coefficient (Wildman–Crippen LogP) is 3.02. The van der Waals surface area contributed by atoms with Gasteiger partial charge < -0.3 is 0 Å². The van der Waals surface area contributed by atoms with Gasteiger partial charge in [-0.2, -0.15) is 0 Å². The highest BCUT2D eigenvalue weighted by Crippen LogP contribution is 2.27. The molecule has 0 amide bonds. The Balaban J connectivity index is 2.69. The third kappa shape index (κ3) is 2.64. The lowest BCUT2D eigenvalue weighted by molar-refractivity contribution is 0.898. The second-order valence-electron chi connectivity index (χ2n) is 2.49. The Hall–Kier alpha value is -0.280. The van der Waals surface area contributed by atoms with Gasteiger partial charge in [0.1, 0.15) is 5.03 Å². The minimum atomic E-state index is 0.503. The number of aromatic nitrogens is 2. The molecule has 0 saturated carbocycles. The number of hydrogen-bond acceptors (Lipinski definition) is 3. The largest absolute Gasteiger partial charge is 0.245 e. The summed E-state index contributed by atoms with van der Waals surface area (Å²) in [6, 6.07) is 0. The summed E-state index contributed by atoms with van der Waals surface area (Å²) in [7, 11) is 0. The Morgan fingerprint density at radius 3 is 2.75 bits per heavy atom. The topological polar surface area (TPSA) is 25.8 Å². The molecule has 0 fully saturated rings. The van der Waals surface area contributed by atoms with Crippen LogP contribution in [0.25, 0.3) is 0 Å². The molecule has 0 aromatic carbocycles. The maximum atomic E-state index is 5.83. The van der Waals surface area contributed by atoms with Gasteiger partial charge in [0.25, 0.3) is 0 Å². The molecule has 0 bridgehead atoms. The lowest BCUT2D eigenvalue weighted by atomic mass is 10.4. The molecule has 4 heteroatoms. The molecule has 1 aromatic rings. The fourth-order valence-corrected chi connectivity index (χ4v) is 1.72. The van der Waals surface area contributed by atoms with Crippen LogP contribution in [0.3, 0.4) is 0 Å². The monoisotopic (exact) mass is 202 g/mol. The van der Waals surface area contributed by atoms with E-state index in [1.165, 1.54) is 0 Å². The summed E-state index contributed by atoms with van der Waals surface area (Å²) in [5, 5.41) is 1.87. The molecular formula is C8H11ClN2S. The third-order valence-electron chi connectivity index (χ3n) is 1.51. The van der Waals surface area contributed by atoms with Crippen LogP contribution in [0, 0.1) is 0 Å². The van der Waals surface area contributed by atoms with Crippen LogP contribution in [-0.2, 0) is 0 Å². The molecule has 0 saturated heterocycles. The molecule has 0 aliphatic carbocycles. The van der Waals surface area contributed by atoms with E-state index in [1.807, 2.05) is 0 Å². The Kier molecular flexibility index (Phi) is 3.82. The Morgan fingerprint density at radius 1 is 1.50 bits per heavy atom. The summed E-state index contributed by atoms with van der Waals surface area (Å²) in [6.07, 6.45) is 4.37. The van der Waals surface area contributed by atoms with Gasteiger partial charge in [0.2, 0.25) is 0 Å². The van der Waals surface area contributed by atoms with E-state index in [9.17, 15) is 0 Å². The normalized spacial score (nSPS) is 12.9. The van der Waals surface area contributed by atoms with Crippen molar-refractivity contribution in [2.24, 2.45) is 0 Å². The van der Waals surface area contributed by atoms with Gasteiger partial charge in [0.15, 0.2) is 5.15 Å². The third-order valence-corrected chi connectivity index (χ3v) is 3.16. The number of halogens is 1. The van der Waals surface area contributed by atoms with Crippen LogP contribution in [0.1, 0.15) is 20.3 Å². The second-order valence-corrected chi connectivity index (χ2v) is 4.27. The molecule has 66 valence electrons. The first kappa shape index (κ1) is 9.81. The van der Waals surface area contributed by atoms with Crippen molar-refractivity contribution in [1.82, 2.24) is 9.97 Å². The van der Waals surface area contributed by atoms with E-state index in [-0.39, 0.29) is 0 Å². The van der Waals surface area contributed by atoms with Crippen molar-refractivity contribution in [3.63, 3.8) is 0 Å². The highest BCUT2D eigenvalue weighted by molar-refractivity contribution is 7.99. The second kappa shape index (κ2) is 4.67. The molecule has 0 N–H and O–H groups in total. The molecule has 2 nitrogen and oxygen atoms in total. The smallest absolute Gasteiger partial charge is 0.161 e. The first-order valence-corrected chi connectivity index (χ1v) is 5.13. The van der Waals surface area contributed by atoms with E-state index in [0.29, 0.717) is 10.4 Å². The molecule has 12 heavy (non-hydrogen) atoms. The highest BCUT2D eigenvalue weighted by atomic mass is 35.5. The number of nitrogens with zero attached hydrogens (tertiary/aromatic N) is 2. The zero-order valence-corrected chi connectivity index (χ0v) is 8.69. The van der Waals surface area contributed by atoms with Crippen molar-refractivity contribution in [2.75, 3.05) is 0 Å². The maximum absolute atomic E-state index is 5.83. The van der Waals surface area contributed by atoms with E-state index in [0.717, 1.165) is 11.4 Å². The molecular weight excluding hydrogens is 192 g/mol. The van der Waals surface area contributed by atoms with Crippen LogP contribution in [0.2, 0.25) is 5.15 Å². The summed E-state index contributed by atoms with van der Waals surface area (Å²) >= 11 is 7.50. The summed E-state index contributed by atoms with van der Waals surface area (Å²) in [5.41, 5.74) is 0. The van der Waals surface area contributed by atoms with Crippen LogP contribution in [-0.4, -0.2) is 15.2 Å². The Morgan fingerprint density at radius 2 is 2.17 bits per heavy atom. The molecule has 1 unspecified atom stereocenters. The quantitative estimate of drug-likeness (QED) is 0.705. The van der Waals surface area contributed by atoms with E-state index in [1.54, 1.807) is 24.2 Å². The van der Waals surface area contributed by atoms with E-state index in [4.69, 9.17) is 11.6 Å². The van der Waals surface area contributed by atoms with Crippen LogP contribution in [0.5, 0.6) is 0 Å². The van der Waals surface area contributed by atoms with Crippen LogP contribution < -0.4 is 0 Å². The molecule has 0 aliphatic heterocycles. The molecule has 1 aromatic heterocycles. The highest BCUT2D eigenvalue weighted by Gasteiger charge is 2.06. The number of rotatable bonds is 3. The Bertz CT molecular complexity index is 255. The number of hydrogen-bond donors (Lipinski definition) is 0. The fraction of sp³-hybridized carbons (Fsp3) is 0.500. The van der Waals surface area contributed by atoms with Crippen molar-refractivity contribution < 1.29 is 0 Å². The van der Waals surface area contributed by atoms with Gasteiger partial charge >= 0.3 is 0 Å². The van der Waals surface area contributed by atoms with Crippen molar-refractivity contribution in [3.05, 3.63) is 17.5 Å². The Labute approximate surface area is 81.8 Å². The van der Waals surface area contributed by atoms with E-state index >= 15 is 0 Å². The first-order chi connectivity index (χ1) is 5.74.